The first-order valence-electron chi connectivity index (χ1n) is 5.10. The third-order valence-corrected chi connectivity index (χ3v) is 3.18. The first kappa shape index (κ1) is 11.5. The molecule has 0 aliphatic carbocycles. The van der Waals surface area contributed by atoms with Gasteiger partial charge in [0.25, 0.3) is 0 Å². The molecule has 0 aromatic carbocycles. The smallest absolute Gasteiger partial charge is 0.240 e. The Kier molecular flexibility index (Phi) is 3.89. The Morgan fingerprint density at radius 3 is 2.79 bits per heavy atom. The number of hydrogen-bond acceptors (Lipinski definition) is 3. The number of likely N-dealkylation sites (tertiary alicyclic amines) is 1. The second-order valence-corrected chi connectivity index (χ2v) is 3.88. The van der Waals surface area contributed by atoms with Gasteiger partial charge in [-0.1, -0.05) is 0 Å². The van der Waals surface area contributed by atoms with Crippen LogP contribution in [0.5, 0.6) is 0 Å². The lowest BCUT2D eigenvalue weighted by Crippen LogP contribution is -2.53. The zero-order valence-corrected chi connectivity index (χ0v) is 9.30. The summed E-state index contributed by atoms with van der Waals surface area (Å²) in [5, 5.41) is 2.75. The molecule has 1 amide bonds. The summed E-state index contributed by atoms with van der Waals surface area (Å²) in [5.74, 6) is 0.120. The maximum atomic E-state index is 11.8. The van der Waals surface area contributed by atoms with Gasteiger partial charge < -0.3 is 10.1 Å². The summed E-state index contributed by atoms with van der Waals surface area (Å²) in [5.41, 5.74) is -0.329. The van der Waals surface area contributed by atoms with Gasteiger partial charge >= 0.3 is 0 Å². The van der Waals surface area contributed by atoms with E-state index in [0.29, 0.717) is 6.61 Å². The highest BCUT2D eigenvalue weighted by Crippen LogP contribution is 2.31. The van der Waals surface area contributed by atoms with Gasteiger partial charge in [-0.05, 0) is 32.9 Å². The minimum absolute atomic E-state index is 0.120. The number of likely N-dealkylation sites (N-methyl/N-ethyl adjacent to an activating group) is 2. The summed E-state index contributed by atoms with van der Waals surface area (Å²) in [4.78, 5) is 14.0. The molecule has 0 bridgehead atoms. The zero-order chi connectivity index (χ0) is 10.6. The molecule has 1 heterocycles. The number of carbonyl (C=O) groups excluding carboxylic acids is 1. The largest absolute Gasteiger partial charge is 0.385 e. The standard InChI is InChI=1S/C10H20N2O2/c1-11-9(13)10(6-8-14-3)5-4-7-12(10)2/h4-8H2,1-3H3,(H,11,13)/t10-/m1/s1. The molecule has 0 saturated carbocycles. The summed E-state index contributed by atoms with van der Waals surface area (Å²) in [6.07, 6.45) is 2.81. The summed E-state index contributed by atoms with van der Waals surface area (Å²) >= 11 is 0. The molecule has 0 unspecified atom stereocenters. The first-order chi connectivity index (χ1) is 6.67. The molecule has 0 aromatic heterocycles. The molecule has 0 radical (unpaired) electrons. The molecule has 1 rings (SSSR count). The van der Waals surface area contributed by atoms with E-state index < -0.39 is 0 Å². The lowest BCUT2D eigenvalue weighted by Gasteiger charge is -2.34. The molecule has 1 aliphatic heterocycles. The van der Waals surface area contributed by atoms with Crippen LogP contribution < -0.4 is 5.32 Å². The van der Waals surface area contributed by atoms with E-state index in [9.17, 15) is 4.79 Å². The second kappa shape index (κ2) is 4.75. The van der Waals surface area contributed by atoms with Crippen molar-refractivity contribution in [2.45, 2.75) is 24.8 Å². The first-order valence-corrected chi connectivity index (χ1v) is 5.10. The number of ether oxygens (including phenoxy) is 1. The Bertz CT molecular complexity index is 208. The molecule has 82 valence electrons. The SMILES string of the molecule is CNC(=O)[C@]1(CCOC)CCCN1C. The van der Waals surface area contributed by atoms with Crippen molar-refractivity contribution in [3.05, 3.63) is 0 Å². The van der Waals surface area contributed by atoms with Crippen LogP contribution in [0.4, 0.5) is 0 Å². The number of methoxy groups -OCH3 is 1. The molecular formula is C10H20N2O2. The summed E-state index contributed by atoms with van der Waals surface area (Å²) in [6, 6.07) is 0. The summed E-state index contributed by atoms with van der Waals surface area (Å²) < 4.78 is 5.07. The van der Waals surface area contributed by atoms with E-state index in [1.807, 2.05) is 7.05 Å². The monoisotopic (exact) mass is 200 g/mol. The maximum absolute atomic E-state index is 11.8. The number of amides is 1. The zero-order valence-electron chi connectivity index (χ0n) is 9.30. The summed E-state index contributed by atoms with van der Waals surface area (Å²) in [6.45, 7) is 1.63. The minimum atomic E-state index is -0.329. The van der Waals surface area contributed by atoms with Gasteiger partial charge in [-0.3, -0.25) is 9.69 Å². The fourth-order valence-electron chi connectivity index (χ4n) is 2.23. The molecule has 1 aliphatic rings. The highest BCUT2D eigenvalue weighted by atomic mass is 16.5. The van der Waals surface area contributed by atoms with Gasteiger partial charge in [0.15, 0.2) is 0 Å². The van der Waals surface area contributed by atoms with E-state index in [4.69, 9.17) is 4.74 Å². The Hall–Kier alpha value is -0.610. The maximum Gasteiger partial charge on any atom is 0.240 e. The number of nitrogens with one attached hydrogen (secondary N) is 1. The molecule has 1 saturated heterocycles. The van der Waals surface area contributed by atoms with E-state index in [2.05, 4.69) is 10.2 Å². The van der Waals surface area contributed by atoms with Crippen LogP contribution in [0.3, 0.4) is 0 Å². The molecule has 14 heavy (non-hydrogen) atoms. The van der Waals surface area contributed by atoms with Crippen LogP contribution in [0, 0.1) is 0 Å². The van der Waals surface area contributed by atoms with E-state index in [-0.39, 0.29) is 11.4 Å². The molecule has 4 nitrogen and oxygen atoms in total. The number of nitrogens with zero attached hydrogens (tertiary/aromatic N) is 1. The molecule has 1 fully saturated rings. The van der Waals surface area contributed by atoms with Crippen LogP contribution in [0.25, 0.3) is 0 Å². The highest BCUT2D eigenvalue weighted by Gasteiger charge is 2.44. The molecular weight excluding hydrogens is 180 g/mol. The molecule has 1 N–H and O–H groups in total. The minimum Gasteiger partial charge on any atom is -0.385 e. The molecule has 4 heteroatoms. The average molecular weight is 200 g/mol. The average Bonchev–Trinajstić information content (AvgIpc) is 2.57. The summed E-state index contributed by atoms with van der Waals surface area (Å²) in [7, 11) is 5.38. The molecule has 0 aromatic rings. The van der Waals surface area contributed by atoms with Gasteiger partial charge in [0.2, 0.25) is 5.91 Å². The van der Waals surface area contributed by atoms with Crippen LogP contribution in [0.15, 0.2) is 0 Å². The van der Waals surface area contributed by atoms with Crippen molar-refractivity contribution in [2.24, 2.45) is 0 Å². The third-order valence-electron chi connectivity index (χ3n) is 3.18. The third kappa shape index (κ3) is 1.91. The van der Waals surface area contributed by atoms with Crippen LogP contribution in [0.1, 0.15) is 19.3 Å². The van der Waals surface area contributed by atoms with Crippen molar-refractivity contribution >= 4 is 5.91 Å². The van der Waals surface area contributed by atoms with Gasteiger partial charge in [0.1, 0.15) is 5.54 Å². The van der Waals surface area contributed by atoms with Gasteiger partial charge in [0, 0.05) is 20.8 Å². The van der Waals surface area contributed by atoms with Crippen LogP contribution in [0.2, 0.25) is 0 Å². The van der Waals surface area contributed by atoms with Crippen molar-refractivity contribution in [1.82, 2.24) is 10.2 Å². The lowest BCUT2D eigenvalue weighted by atomic mass is 9.91. The van der Waals surface area contributed by atoms with Crippen molar-refractivity contribution in [1.29, 1.82) is 0 Å². The predicted molar refractivity (Wildman–Crippen MR) is 55.2 cm³/mol. The van der Waals surface area contributed by atoms with Gasteiger partial charge in [-0.25, -0.2) is 0 Å². The fourth-order valence-corrected chi connectivity index (χ4v) is 2.23. The van der Waals surface area contributed by atoms with Crippen molar-refractivity contribution in [3.8, 4) is 0 Å². The second-order valence-electron chi connectivity index (χ2n) is 3.88. The number of rotatable bonds is 4. The van der Waals surface area contributed by atoms with Crippen molar-refractivity contribution in [3.63, 3.8) is 0 Å². The van der Waals surface area contributed by atoms with E-state index in [1.54, 1.807) is 14.2 Å². The van der Waals surface area contributed by atoms with E-state index >= 15 is 0 Å². The van der Waals surface area contributed by atoms with Gasteiger partial charge in [-0.2, -0.15) is 0 Å². The van der Waals surface area contributed by atoms with Crippen molar-refractivity contribution in [2.75, 3.05) is 34.4 Å². The van der Waals surface area contributed by atoms with Gasteiger partial charge in [0.05, 0.1) is 0 Å². The number of carbonyl (C=O) groups is 1. The van der Waals surface area contributed by atoms with Gasteiger partial charge in [-0.15, -0.1) is 0 Å². The van der Waals surface area contributed by atoms with Crippen LogP contribution in [-0.4, -0.2) is 50.7 Å². The molecule has 0 spiro atoms. The number of hydrogen-bond donors (Lipinski definition) is 1. The Balaban J connectivity index is 2.73. The van der Waals surface area contributed by atoms with Crippen molar-refractivity contribution < 1.29 is 9.53 Å². The predicted octanol–water partition coefficient (Wildman–Crippen LogP) is 0.233. The lowest BCUT2D eigenvalue weighted by molar-refractivity contribution is -0.131. The Morgan fingerprint density at radius 2 is 2.36 bits per heavy atom. The Morgan fingerprint density at radius 1 is 1.64 bits per heavy atom. The Labute approximate surface area is 85.6 Å². The molecule has 1 atom stereocenters. The highest BCUT2D eigenvalue weighted by molar-refractivity contribution is 5.86. The normalized spacial score (nSPS) is 27.9. The topological polar surface area (TPSA) is 41.6 Å². The fraction of sp³-hybridized carbons (Fsp3) is 0.900. The van der Waals surface area contributed by atoms with Crippen LogP contribution in [-0.2, 0) is 9.53 Å². The van der Waals surface area contributed by atoms with Crippen LogP contribution >= 0.6 is 0 Å². The van der Waals surface area contributed by atoms with E-state index in [1.165, 1.54) is 0 Å². The quantitative estimate of drug-likeness (QED) is 0.706. The van der Waals surface area contributed by atoms with E-state index in [0.717, 1.165) is 25.8 Å².